The Labute approximate surface area is 158 Å². The minimum Gasteiger partial charge on any atom is -0.347 e. The van der Waals surface area contributed by atoms with E-state index < -0.39 is 15.8 Å². The predicted molar refractivity (Wildman–Crippen MR) is 99.0 cm³/mol. The molecule has 6 nitrogen and oxygen atoms in total. The second kappa shape index (κ2) is 8.60. The summed E-state index contributed by atoms with van der Waals surface area (Å²) in [4.78, 5) is 12.8. The van der Waals surface area contributed by atoms with Gasteiger partial charge in [-0.2, -0.15) is 4.31 Å². The lowest BCUT2D eigenvalue weighted by Crippen LogP contribution is -3.15. The van der Waals surface area contributed by atoms with Crippen molar-refractivity contribution in [3.63, 3.8) is 0 Å². The van der Waals surface area contributed by atoms with Gasteiger partial charge in [-0.25, -0.2) is 12.8 Å². The predicted octanol–water partition coefficient (Wildman–Crippen LogP) is 0.0313. The number of carbonyl (C=O) groups excluding carboxylic acids is 1. The Kier molecular flexibility index (Phi) is 6.20. The average Bonchev–Trinajstić information content (AvgIpc) is 2.68. The van der Waals surface area contributed by atoms with Gasteiger partial charge < -0.3 is 10.2 Å². The first kappa shape index (κ1) is 19.5. The van der Waals surface area contributed by atoms with Crippen molar-refractivity contribution in [3.05, 3.63) is 66.0 Å². The molecule has 2 aromatic carbocycles. The molecular weight excluding hydrogens is 369 g/mol. The number of hydrogen-bond donors (Lipinski definition) is 2. The van der Waals surface area contributed by atoms with Gasteiger partial charge in [-0.3, -0.25) is 4.79 Å². The number of piperazine rings is 1. The van der Waals surface area contributed by atoms with Crippen LogP contribution >= 0.6 is 0 Å². The highest BCUT2D eigenvalue weighted by atomic mass is 32.2. The van der Waals surface area contributed by atoms with Crippen LogP contribution in [0.1, 0.15) is 5.56 Å². The maximum atomic E-state index is 13.8. The van der Waals surface area contributed by atoms with Crippen molar-refractivity contribution in [1.82, 2.24) is 9.62 Å². The van der Waals surface area contributed by atoms with E-state index in [-0.39, 0.29) is 23.9 Å². The van der Waals surface area contributed by atoms with E-state index in [0.29, 0.717) is 26.2 Å². The van der Waals surface area contributed by atoms with Crippen LogP contribution in [-0.4, -0.2) is 51.4 Å². The molecule has 144 valence electrons. The second-order valence-corrected chi connectivity index (χ2v) is 8.43. The van der Waals surface area contributed by atoms with Crippen molar-refractivity contribution in [2.45, 2.75) is 11.4 Å². The Morgan fingerprint density at radius 1 is 1.04 bits per heavy atom. The fourth-order valence-electron chi connectivity index (χ4n) is 3.10. The van der Waals surface area contributed by atoms with Gasteiger partial charge in [0, 0.05) is 6.54 Å². The zero-order valence-corrected chi connectivity index (χ0v) is 15.7. The zero-order valence-electron chi connectivity index (χ0n) is 14.9. The van der Waals surface area contributed by atoms with Crippen LogP contribution in [0.2, 0.25) is 0 Å². The number of benzene rings is 2. The number of nitrogens with zero attached hydrogens (tertiary/aromatic N) is 1. The fraction of sp³-hybridized carbons (Fsp3) is 0.316. The molecule has 0 radical (unpaired) electrons. The Hall–Kier alpha value is -2.29. The van der Waals surface area contributed by atoms with Crippen LogP contribution in [0.4, 0.5) is 4.39 Å². The topological polar surface area (TPSA) is 70.9 Å². The molecule has 27 heavy (non-hydrogen) atoms. The number of halogens is 1. The third-order valence-electron chi connectivity index (χ3n) is 4.63. The first-order chi connectivity index (χ1) is 13.0. The molecule has 1 aliphatic rings. The van der Waals surface area contributed by atoms with Crippen LogP contribution in [-0.2, 0) is 21.4 Å². The van der Waals surface area contributed by atoms with E-state index in [1.807, 2.05) is 30.3 Å². The number of amides is 1. The third kappa shape index (κ3) is 4.91. The van der Waals surface area contributed by atoms with Crippen LogP contribution in [0.25, 0.3) is 0 Å². The summed E-state index contributed by atoms with van der Waals surface area (Å²) >= 11 is 0. The normalized spacial score (nSPS) is 16.2. The molecule has 0 bridgehead atoms. The largest absolute Gasteiger partial charge is 0.347 e. The highest BCUT2D eigenvalue weighted by Crippen LogP contribution is 2.18. The van der Waals surface area contributed by atoms with Gasteiger partial charge in [0.25, 0.3) is 5.91 Å². The van der Waals surface area contributed by atoms with Gasteiger partial charge in [0.1, 0.15) is 10.7 Å². The quantitative estimate of drug-likeness (QED) is 0.729. The Bertz CT molecular complexity index is 882. The van der Waals surface area contributed by atoms with Crippen molar-refractivity contribution >= 4 is 15.9 Å². The van der Waals surface area contributed by atoms with E-state index in [0.717, 1.165) is 16.5 Å². The summed E-state index contributed by atoms with van der Waals surface area (Å²) in [5.74, 6) is -0.813. The second-order valence-electron chi connectivity index (χ2n) is 6.52. The first-order valence-electron chi connectivity index (χ1n) is 8.85. The van der Waals surface area contributed by atoms with Crippen LogP contribution in [0, 0.1) is 5.82 Å². The molecule has 1 saturated heterocycles. The summed E-state index contributed by atoms with van der Waals surface area (Å²) in [6.07, 6.45) is 0. The number of carbonyl (C=O) groups is 1. The molecule has 2 aromatic rings. The maximum absolute atomic E-state index is 13.8. The molecule has 8 heteroatoms. The lowest BCUT2D eigenvalue weighted by molar-refractivity contribution is -0.895. The van der Waals surface area contributed by atoms with Gasteiger partial charge >= 0.3 is 0 Å². The molecule has 2 N–H and O–H groups in total. The summed E-state index contributed by atoms with van der Waals surface area (Å²) in [7, 11) is -3.85. The Morgan fingerprint density at radius 2 is 1.67 bits per heavy atom. The van der Waals surface area contributed by atoms with Crippen molar-refractivity contribution in [1.29, 1.82) is 0 Å². The molecule has 1 amide bonds. The van der Waals surface area contributed by atoms with Gasteiger partial charge in [-0.1, -0.05) is 42.5 Å². The zero-order chi connectivity index (χ0) is 19.3. The maximum Gasteiger partial charge on any atom is 0.275 e. The molecule has 0 saturated carbocycles. The molecule has 1 fully saturated rings. The number of rotatable bonds is 6. The van der Waals surface area contributed by atoms with E-state index in [9.17, 15) is 17.6 Å². The molecule has 1 heterocycles. The van der Waals surface area contributed by atoms with Crippen LogP contribution in [0.3, 0.4) is 0 Å². The van der Waals surface area contributed by atoms with Gasteiger partial charge in [-0.05, 0) is 17.7 Å². The van der Waals surface area contributed by atoms with E-state index >= 15 is 0 Å². The monoisotopic (exact) mass is 392 g/mol. The molecular formula is C19H23FN3O3S+. The van der Waals surface area contributed by atoms with Crippen LogP contribution < -0.4 is 10.2 Å². The molecule has 0 aromatic heterocycles. The highest BCUT2D eigenvalue weighted by Gasteiger charge is 2.32. The summed E-state index contributed by atoms with van der Waals surface area (Å²) in [5.41, 5.74) is 1.03. The molecule has 0 atom stereocenters. The van der Waals surface area contributed by atoms with Gasteiger partial charge in [0.05, 0.1) is 26.2 Å². The van der Waals surface area contributed by atoms with Crippen LogP contribution in [0.5, 0.6) is 0 Å². The molecule has 0 aliphatic carbocycles. The summed E-state index contributed by atoms with van der Waals surface area (Å²) in [6.45, 7) is 2.30. The summed E-state index contributed by atoms with van der Waals surface area (Å²) < 4.78 is 40.3. The van der Waals surface area contributed by atoms with Crippen molar-refractivity contribution in [2.75, 3.05) is 32.7 Å². The van der Waals surface area contributed by atoms with E-state index in [2.05, 4.69) is 5.32 Å². The van der Waals surface area contributed by atoms with E-state index in [4.69, 9.17) is 0 Å². The SMILES string of the molecule is O=C(C[NH+]1CCN(S(=O)(=O)c2ccccc2F)CC1)NCc1ccccc1. The number of sulfonamides is 1. The first-order valence-corrected chi connectivity index (χ1v) is 10.3. The highest BCUT2D eigenvalue weighted by molar-refractivity contribution is 7.89. The molecule has 1 aliphatic heterocycles. The van der Waals surface area contributed by atoms with Crippen molar-refractivity contribution in [3.8, 4) is 0 Å². The smallest absolute Gasteiger partial charge is 0.275 e. The van der Waals surface area contributed by atoms with E-state index in [1.165, 1.54) is 22.5 Å². The lowest BCUT2D eigenvalue weighted by atomic mass is 10.2. The summed E-state index contributed by atoms with van der Waals surface area (Å²) in [6, 6.07) is 15.0. The standard InChI is InChI=1S/C19H22FN3O3S/c20-17-8-4-5-9-18(17)27(25,26)23-12-10-22(11-13-23)15-19(24)21-14-16-6-2-1-3-7-16/h1-9H,10-15H2,(H,21,24)/p+1. The Morgan fingerprint density at radius 3 is 2.33 bits per heavy atom. The van der Waals surface area contributed by atoms with Gasteiger partial charge in [0.2, 0.25) is 10.0 Å². The third-order valence-corrected chi connectivity index (χ3v) is 6.56. The number of nitrogens with one attached hydrogen (secondary N) is 2. The lowest BCUT2D eigenvalue weighted by Gasteiger charge is -2.31. The summed E-state index contributed by atoms with van der Waals surface area (Å²) in [5, 5.41) is 2.88. The minimum atomic E-state index is -3.85. The fourth-order valence-corrected chi connectivity index (χ4v) is 4.61. The van der Waals surface area contributed by atoms with Gasteiger partial charge in [0.15, 0.2) is 6.54 Å². The number of hydrogen-bond acceptors (Lipinski definition) is 3. The van der Waals surface area contributed by atoms with Crippen LogP contribution in [0.15, 0.2) is 59.5 Å². The molecule has 3 rings (SSSR count). The van der Waals surface area contributed by atoms with Crippen molar-refractivity contribution < 1.29 is 22.5 Å². The van der Waals surface area contributed by atoms with Crippen molar-refractivity contribution in [2.24, 2.45) is 0 Å². The average molecular weight is 392 g/mol. The minimum absolute atomic E-state index is 0.0701. The molecule has 0 spiro atoms. The Balaban J connectivity index is 1.50. The number of quaternary nitrogens is 1. The van der Waals surface area contributed by atoms with Gasteiger partial charge in [-0.15, -0.1) is 0 Å². The van der Waals surface area contributed by atoms with E-state index in [1.54, 1.807) is 0 Å². The molecule has 0 unspecified atom stereocenters.